The van der Waals surface area contributed by atoms with Crippen LogP contribution in [0.5, 0.6) is 0 Å². The van der Waals surface area contributed by atoms with Gasteiger partial charge in [0.25, 0.3) is 0 Å². The zero-order chi connectivity index (χ0) is 23.9. The van der Waals surface area contributed by atoms with Crippen molar-refractivity contribution >= 4 is 22.8 Å². The SMILES string of the molecule is CN1CC(C(=O)N(C(=O)NC2CCCCC2)C2CCCCC2)CC2c3cccc4[nH]cc(c34)C[C@H]21. The second-order valence-electron chi connectivity index (χ2n) is 11.6. The highest BCUT2D eigenvalue weighted by Gasteiger charge is 2.44. The molecule has 2 N–H and O–H groups in total. The lowest BCUT2D eigenvalue weighted by molar-refractivity contribution is -0.137. The van der Waals surface area contributed by atoms with E-state index < -0.39 is 0 Å². The Kier molecular flexibility index (Phi) is 6.34. The number of benzene rings is 1. The van der Waals surface area contributed by atoms with E-state index in [2.05, 4.69) is 46.6 Å². The van der Waals surface area contributed by atoms with Crippen LogP contribution in [0.3, 0.4) is 0 Å². The number of carbonyl (C=O) groups is 2. The Labute approximate surface area is 208 Å². The molecule has 2 heterocycles. The molecule has 0 bridgehead atoms. The third-order valence-corrected chi connectivity index (χ3v) is 9.40. The molecule has 3 amide bonds. The third kappa shape index (κ3) is 4.28. The van der Waals surface area contributed by atoms with Crippen LogP contribution in [-0.2, 0) is 11.2 Å². The van der Waals surface area contributed by atoms with Crippen LogP contribution in [0.2, 0.25) is 0 Å². The van der Waals surface area contributed by atoms with Gasteiger partial charge < -0.3 is 15.2 Å². The van der Waals surface area contributed by atoms with Crippen LogP contribution in [0.15, 0.2) is 24.4 Å². The number of aromatic nitrogens is 1. The largest absolute Gasteiger partial charge is 0.361 e. The van der Waals surface area contributed by atoms with Crippen LogP contribution in [0, 0.1) is 5.92 Å². The molecular formula is C29H40N4O2. The molecule has 4 aliphatic rings. The number of fused-ring (bicyclic) bond motifs is 2. The molecule has 3 atom stereocenters. The van der Waals surface area contributed by atoms with Crippen molar-refractivity contribution in [2.75, 3.05) is 13.6 Å². The molecule has 3 aliphatic carbocycles. The molecule has 2 aromatic rings. The molecule has 6 nitrogen and oxygen atoms in total. The van der Waals surface area contributed by atoms with Gasteiger partial charge in [0.05, 0.1) is 5.92 Å². The second-order valence-corrected chi connectivity index (χ2v) is 11.6. The fourth-order valence-electron chi connectivity index (χ4n) is 7.59. The first-order valence-electron chi connectivity index (χ1n) is 14.0. The summed E-state index contributed by atoms with van der Waals surface area (Å²) in [4.78, 5) is 35.3. The predicted octanol–water partition coefficient (Wildman–Crippen LogP) is 5.33. The van der Waals surface area contributed by atoms with Crippen molar-refractivity contribution in [2.24, 2.45) is 5.92 Å². The van der Waals surface area contributed by atoms with Crippen molar-refractivity contribution in [2.45, 2.75) is 101 Å². The first kappa shape index (κ1) is 23.1. The maximum atomic E-state index is 14.2. The Morgan fingerprint density at radius 3 is 2.54 bits per heavy atom. The van der Waals surface area contributed by atoms with Gasteiger partial charge in [0.15, 0.2) is 0 Å². The number of aromatic amines is 1. The van der Waals surface area contributed by atoms with Crippen molar-refractivity contribution in [3.63, 3.8) is 0 Å². The molecular weight excluding hydrogens is 436 g/mol. The number of H-pyrrole nitrogens is 1. The summed E-state index contributed by atoms with van der Waals surface area (Å²) in [6.45, 7) is 0.732. The monoisotopic (exact) mass is 476 g/mol. The normalized spacial score (nSPS) is 28.0. The summed E-state index contributed by atoms with van der Waals surface area (Å²) in [6.07, 6.45) is 15.0. The number of amides is 3. The maximum Gasteiger partial charge on any atom is 0.324 e. The van der Waals surface area contributed by atoms with E-state index >= 15 is 0 Å². The fraction of sp³-hybridized carbons (Fsp3) is 0.655. The minimum atomic E-state index is -0.143. The maximum absolute atomic E-state index is 14.2. The van der Waals surface area contributed by atoms with E-state index in [-0.39, 0.29) is 29.9 Å². The molecule has 1 aromatic carbocycles. The number of imide groups is 1. The molecule has 1 aromatic heterocycles. The van der Waals surface area contributed by atoms with E-state index in [1.165, 1.54) is 47.7 Å². The summed E-state index contributed by atoms with van der Waals surface area (Å²) in [5.74, 6) is 0.239. The summed E-state index contributed by atoms with van der Waals surface area (Å²) in [5, 5.41) is 4.63. The van der Waals surface area contributed by atoms with E-state index in [4.69, 9.17) is 0 Å². The quantitative estimate of drug-likeness (QED) is 0.629. The topological polar surface area (TPSA) is 68.4 Å². The van der Waals surface area contributed by atoms with Crippen molar-refractivity contribution in [3.8, 4) is 0 Å². The summed E-state index contributed by atoms with van der Waals surface area (Å²) in [6, 6.07) is 7.09. The van der Waals surface area contributed by atoms with Gasteiger partial charge in [0, 0.05) is 47.7 Å². The Morgan fingerprint density at radius 2 is 1.77 bits per heavy atom. The van der Waals surface area contributed by atoms with Crippen molar-refractivity contribution in [1.29, 1.82) is 0 Å². The molecule has 0 radical (unpaired) electrons. The number of likely N-dealkylation sites (N-methyl/N-ethyl adjacent to an activating group) is 1. The lowest BCUT2D eigenvalue weighted by Gasteiger charge is -2.46. The van der Waals surface area contributed by atoms with Gasteiger partial charge in [-0.25, -0.2) is 4.79 Å². The minimum Gasteiger partial charge on any atom is -0.361 e. The van der Waals surface area contributed by atoms with Crippen molar-refractivity contribution in [3.05, 3.63) is 35.5 Å². The number of nitrogens with zero attached hydrogens (tertiary/aromatic N) is 2. The highest BCUT2D eigenvalue weighted by Crippen LogP contribution is 2.45. The Bertz CT molecular complexity index is 1080. The minimum absolute atomic E-state index is 0.0499. The number of piperidine rings is 1. The van der Waals surface area contributed by atoms with Crippen LogP contribution in [0.4, 0.5) is 4.79 Å². The number of likely N-dealkylation sites (tertiary alicyclic amines) is 1. The number of rotatable bonds is 3. The van der Waals surface area contributed by atoms with E-state index in [0.29, 0.717) is 12.0 Å². The van der Waals surface area contributed by atoms with E-state index in [0.717, 1.165) is 57.9 Å². The molecule has 6 rings (SSSR count). The molecule has 1 aliphatic heterocycles. The van der Waals surface area contributed by atoms with Gasteiger partial charge in [-0.3, -0.25) is 9.69 Å². The third-order valence-electron chi connectivity index (χ3n) is 9.40. The van der Waals surface area contributed by atoms with Crippen LogP contribution < -0.4 is 5.32 Å². The van der Waals surface area contributed by atoms with Gasteiger partial charge in [0.1, 0.15) is 0 Å². The Balaban J connectivity index is 1.26. The Hall–Kier alpha value is -2.34. The van der Waals surface area contributed by atoms with Gasteiger partial charge in [-0.05, 0) is 62.8 Å². The van der Waals surface area contributed by atoms with E-state index in [1.807, 2.05) is 0 Å². The highest BCUT2D eigenvalue weighted by atomic mass is 16.2. The van der Waals surface area contributed by atoms with Gasteiger partial charge in [-0.2, -0.15) is 0 Å². The van der Waals surface area contributed by atoms with Crippen LogP contribution in [0.25, 0.3) is 10.9 Å². The van der Waals surface area contributed by atoms with Crippen molar-refractivity contribution < 1.29 is 9.59 Å². The van der Waals surface area contributed by atoms with Gasteiger partial charge >= 0.3 is 6.03 Å². The molecule has 0 spiro atoms. The molecule has 188 valence electrons. The van der Waals surface area contributed by atoms with E-state index in [1.54, 1.807) is 4.90 Å². The highest BCUT2D eigenvalue weighted by molar-refractivity contribution is 5.96. The fourth-order valence-corrected chi connectivity index (χ4v) is 7.59. The van der Waals surface area contributed by atoms with E-state index in [9.17, 15) is 9.59 Å². The zero-order valence-corrected chi connectivity index (χ0v) is 21.1. The second kappa shape index (κ2) is 9.61. The molecule has 1 saturated heterocycles. The number of hydrogen-bond acceptors (Lipinski definition) is 3. The predicted molar refractivity (Wildman–Crippen MR) is 138 cm³/mol. The first-order chi connectivity index (χ1) is 17.1. The number of urea groups is 1. The van der Waals surface area contributed by atoms with Crippen LogP contribution >= 0.6 is 0 Å². The molecule has 2 saturated carbocycles. The average Bonchev–Trinajstić information content (AvgIpc) is 3.30. The average molecular weight is 477 g/mol. The number of carbonyl (C=O) groups excluding carboxylic acids is 2. The summed E-state index contributed by atoms with van der Waals surface area (Å²) >= 11 is 0. The summed E-state index contributed by atoms with van der Waals surface area (Å²) in [7, 11) is 2.17. The van der Waals surface area contributed by atoms with Crippen LogP contribution in [-0.4, -0.2) is 58.4 Å². The summed E-state index contributed by atoms with van der Waals surface area (Å²) < 4.78 is 0. The first-order valence-corrected chi connectivity index (χ1v) is 14.0. The number of hydrogen-bond donors (Lipinski definition) is 2. The van der Waals surface area contributed by atoms with Crippen molar-refractivity contribution in [1.82, 2.24) is 20.1 Å². The van der Waals surface area contributed by atoms with Gasteiger partial charge in [-0.1, -0.05) is 50.7 Å². The van der Waals surface area contributed by atoms with Crippen LogP contribution in [0.1, 0.15) is 87.7 Å². The van der Waals surface area contributed by atoms with Gasteiger partial charge in [-0.15, -0.1) is 0 Å². The number of nitrogens with one attached hydrogen (secondary N) is 2. The standard InChI is InChI=1S/C29H40N4O2/c1-32-18-20(15-24-23-13-8-14-25-27(23)19(17-30-25)16-26(24)32)28(34)33(22-11-6-3-7-12-22)29(35)31-21-9-4-2-5-10-21/h8,13-14,17,20-22,24,26,30H,2-7,9-12,15-16,18H2,1H3,(H,31,35)/t20?,24?,26-/m1/s1. The van der Waals surface area contributed by atoms with Gasteiger partial charge in [0.2, 0.25) is 5.91 Å². The lowest BCUT2D eigenvalue weighted by Crippen LogP contribution is -2.57. The Morgan fingerprint density at radius 1 is 1.03 bits per heavy atom. The molecule has 35 heavy (non-hydrogen) atoms. The summed E-state index contributed by atoms with van der Waals surface area (Å²) in [5.41, 5.74) is 3.96. The molecule has 3 fully saturated rings. The smallest absolute Gasteiger partial charge is 0.324 e. The molecule has 2 unspecified atom stereocenters. The molecule has 6 heteroatoms. The zero-order valence-electron chi connectivity index (χ0n) is 21.1. The lowest BCUT2D eigenvalue weighted by atomic mass is 9.72.